The van der Waals surface area contributed by atoms with E-state index in [1.807, 2.05) is 0 Å². The molecule has 3 aromatic rings. The molecule has 2 heterocycles. The fourth-order valence-electron chi connectivity index (χ4n) is 2.04. The largest absolute Gasteiger partial charge is 0.481 e. The molecule has 0 aliphatic carbocycles. The van der Waals surface area contributed by atoms with Gasteiger partial charge in [0, 0.05) is 6.07 Å². The van der Waals surface area contributed by atoms with Crippen LogP contribution in [-0.2, 0) is 0 Å². The second kappa shape index (κ2) is 6.45. The van der Waals surface area contributed by atoms with Gasteiger partial charge in [0.05, 0.1) is 30.4 Å². The first-order valence-electron chi connectivity index (χ1n) is 7.08. The summed E-state index contributed by atoms with van der Waals surface area (Å²) in [4.78, 5) is 17.7. The first-order chi connectivity index (χ1) is 11.6. The normalized spacial score (nSPS) is 10.5. The fraction of sp³-hybridized carbons (Fsp3) is 0.125. The lowest BCUT2D eigenvalue weighted by Crippen LogP contribution is -2.14. The number of carbonyl (C=O) groups is 1. The van der Waals surface area contributed by atoms with Crippen molar-refractivity contribution in [3.05, 3.63) is 59.8 Å². The number of nitrogens with one attached hydrogen (secondary N) is 1. The highest BCUT2D eigenvalue weighted by atomic mass is 19.1. The highest BCUT2D eigenvalue weighted by Crippen LogP contribution is 2.17. The summed E-state index contributed by atoms with van der Waals surface area (Å²) in [6.07, 6.45) is 1.34. The lowest BCUT2D eigenvalue weighted by molar-refractivity contribution is 0.102. The SMILES string of the molecule is COc1ccc(NC(=O)c2cnn(-c3ccc(F)cc3)n2)c(C)n1. The Morgan fingerprint density at radius 3 is 2.62 bits per heavy atom. The molecule has 0 radical (unpaired) electrons. The summed E-state index contributed by atoms with van der Waals surface area (Å²) in [5.74, 6) is -0.308. The summed E-state index contributed by atoms with van der Waals surface area (Å²) < 4.78 is 18.0. The minimum absolute atomic E-state index is 0.134. The Hall–Kier alpha value is -3.29. The van der Waals surface area contributed by atoms with E-state index >= 15 is 0 Å². The summed E-state index contributed by atoms with van der Waals surface area (Å²) in [6, 6.07) is 8.99. The Morgan fingerprint density at radius 1 is 1.21 bits per heavy atom. The highest BCUT2D eigenvalue weighted by Gasteiger charge is 2.13. The van der Waals surface area contributed by atoms with Gasteiger partial charge in [0.2, 0.25) is 5.88 Å². The third kappa shape index (κ3) is 3.22. The molecule has 0 saturated heterocycles. The second-order valence-electron chi connectivity index (χ2n) is 4.94. The van der Waals surface area contributed by atoms with Crippen LogP contribution in [0.2, 0.25) is 0 Å². The lowest BCUT2D eigenvalue weighted by Gasteiger charge is -2.07. The van der Waals surface area contributed by atoms with Crippen molar-refractivity contribution in [2.45, 2.75) is 6.92 Å². The molecule has 122 valence electrons. The Labute approximate surface area is 137 Å². The van der Waals surface area contributed by atoms with Gasteiger partial charge >= 0.3 is 0 Å². The zero-order chi connectivity index (χ0) is 17.1. The number of halogens is 1. The van der Waals surface area contributed by atoms with Crippen molar-refractivity contribution < 1.29 is 13.9 Å². The van der Waals surface area contributed by atoms with Gasteiger partial charge in [-0.15, -0.1) is 5.10 Å². The van der Waals surface area contributed by atoms with Crippen LogP contribution >= 0.6 is 0 Å². The average Bonchev–Trinajstić information content (AvgIpc) is 3.07. The maximum atomic E-state index is 12.9. The van der Waals surface area contributed by atoms with Gasteiger partial charge in [-0.25, -0.2) is 9.37 Å². The van der Waals surface area contributed by atoms with Crippen molar-refractivity contribution in [1.29, 1.82) is 0 Å². The summed E-state index contributed by atoms with van der Waals surface area (Å²) in [5.41, 5.74) is 1.86. The van der Waals surface area contributed by atoms with Crippen molar-refractivity contribution in [2.24, 2.45) is 0 Å². The molecular weight excluding hydrogens is 313 g/mol. The Kier molecular flexibility index (Phi) is 4.19. The van der Waals surface area contributed by atoms with Crippen LogP contribution in [0.5, 0.6) is 5.88 Å². The summed E-state index contributed by atoms with van der Waals surface area (Å²) in [5, 5.41) is 10.8. The van der Waals surface area contributed by atoms with E-state index in [9.17, 15) is 9.18 Å². The first kappa shape index (κ1) is 15.6. The summed E-state index contributed by atoms with van der Waals surface area (Å²) in [7, 11) is 1.52. The van der Waals surface area contributed by atoms with Gasteiger partial charge in [-0.3, -0.25) is 4.79 Å². The van der Waals surface area contributed by atoms with E-state index in [-0.39, 0.29) is 11.5 Å². The summed E-state index contributed by atoms with van der Waals surface area (Å²) >= 11 is 0. The predicted molar refractivity (Wildman–Crippen MR) is 84.8 cm³/mol. The van der Waals surface area contributed by atoms with Gasteiger partial charge in [0.25, 0.3) is 5.91 Å². The number of hydrogen-bond donors (Lipinski definition) is 1. The monoisotopic (exact) mass is 327 g/mol. The number of benzene rings is 1. The van der Waals surface area contributed by atoms with Crippen molar-refractivity contribution in [1.82, 2.24) is 20.0 Å². The standard InChI is InChI=1S/C16H14FN5O2/c1-10-13(7-8-15(19-10)24-2)20-16(23)14-9-18-22(21-14)12-5-3-11(17)4-6-12/h3-9H,1-2H3,(H,20,23). The molecule has 3 rings (SSSR count). The third-order valence-corrected chi connectivity index (χ3v) is 3.30. The predicted octanol–water partition coefficient (Wildman–Crippen LogP) is 2.37. The van der Waals surface area contributed by atoms with Gasteiger partial charge in [-0.05, 0) is 37.3 Å². The number of hydrogen-bond acceptors (Lipinski definition) is 5. The van der Waals surface area contributed by atoms with Gasteiger partial charge in [0.1, 0.15) is 5.82 Å². The molecule has 8 heteroatoms. The number of methoxy groups -OCH3 is 1. The smallest absolute Gasteiger partial charge is 0.277 e. The molecule has 0 bridgehead atoms. The zero-order valence-electron chi connectivity index (χ0n) is 13.0. The van der Waals surface area contributed by atoms with Crippen LogP contribution in [0.15, 0.2) is 42.6 Å². The van der Waals surface area contributed by atoms with Crippen LogP contribution < -0.4 is 10.1 Å². The van der Waals surface area contributed by atoms with Gasteiger partial charge in [-0.1, -0.05) is 0 Å². The van der Waals surface area contributed by atoms with Crippen LogP contribution in [0, 0.1) is 12.7 Å². The maximum Gasteiger partial charge on any atom is 0.277 e. The molecule has 1 aromatic carbocycles. The average molecular weight is 327 g/mol. The van der Waals surface area contributed by atoms with E-state index < -0.39 is 5.91 Å². The highest BCUT2D eigenvalue weighted by molar-refractivity contribution is 6.02. The first-order valence-corrected chi connectivity index (χ1v) is 7.08. The van der Waals surface area contributed by atoms with Crippen molar-refractivity contribution in [2.75, 3.05) is 12.4 Å². The van der Waals surface area contributed by atoms with Crippen molar-refractivity contribution in [3.8, 4) is 11.6 Å². The molecule has 0 spiro atoms. The van der Waals surface area contributed by atoms with Crippen LogP contribution in [0.1, 0.15) is 16.2 Å². The maximum absolute atomic E-state index is 12.9. The molecule has 0 aliphatic rings. The molecule has 0 atom stereocenters. The van der Waals surface area contributed by atoms with E-state index in [0.717, 1.165) is 0 Å². The number of pyridine rings is 1. The number of rotatable bonds is 4. The van der Waals surface area contributed by atoms with E-state index in [1.54, 1.807) is 19.1 Å². The number of nitrogens with zero attached hydrogens (tertiary/aromatic N) is 4. The number of anilines is 1. The zero-order valence-corrected chi connectivity index (χ0v) is 13.0. The summed E-state index contributed by atoms with van der Waals surface area (Å²) in [6.45, 7) is 1.76. The minimum atomic E-state index is -0.418. The number of aryl methyl sites for hydroxylation is 1. The van der Waals surface area contributed by atoms with Crippen LogP contribution in [0.3, 0.4) is 0 Å². The van der Waals surface area contributed by atoms with Gasteiger partial charge < -0.3 is 10.1 Å². The molecule has 24 heavy (non-hydrogen) atoms. The number of aromatic nitrogens is 4. The quantitative estimate of drug-likeness (QED) is 0.795. The van der Waals surface area contributed by atoms with E-state index in [0.29, 0.717) is 22.9 Å². The molecule has 1 N–H and O–H groups in total. The molecule has 0 fully saturated rings. The lowest BCUT2D eigenvalue weighted by atomic mass is 10.3. The molecule has 0 saturated carbocycles. The number of ether oxygens (including phenoxy) is 1. The molecule has 2 aromatic heterocycles. The Bertz CT molecular complexity index is 876. The third-order valence-electron chi connectivity index (χ3n) is 3.30. The number of amides is 1. The van der Waals surface area contributed by atoms with Crippen LogP contribution in [-0.4, -0.2) is 33.0 Å². The van der Waals surface area contributed by atoms with Crippen LogP contribution in [0.4, 0.5) is 10.1 Å². The number of carbonyl (C=O) groups excluding carboxylic acids is 1. The molecular formula is C16H14FN5O2. The van der Waals surface area contributed by atoms with Gasteiger partial charge in [0.15, 0.2) is 5.69 Å². The van der Waals surface area contributed by atoms with Gasteiger partial charge in [-0.2, -0.15) is 9.90 Å². The molecule has 0 aliphatic heterocycles. The Morgan fingerprint density at radius 2 is 1.96 bits per heavy atom. The van der Waals surface area contributed by atoms with E-state index in [4.69, 9.17) is 4.74 Å². The molecule has 7 nitrogen and oxygen atoms in total. The molecule has 1 amide bonds. The molecule has 0 unspecified atom stereocenters. The van der Waals surface area contributed by atoms with Crippen molar-refractivity contribution >= 4 is 11.6 Å². The minimum Gasteiger partial charge on any atom is -0.481 e. The fourth-order valence-corrected chi connectivity index (χ4v) is 2.04. The van der Waals surface area contributed by atoms with Crippen LogP contribution in [0.25, 0.3) is 5.69 Å². The topological polar surface area (TPSA) is 81.9 Å². The van der Waals surface area contributed by atoms with Crippen molar-refractivity contribution in [3.63, 3.8) is 0 Å². The van der Waals surface area contributed by atoms with E-state index in [2.05, 4.69) is 20.5 Å². The van der Waals surface area contributed by atoms with E-state index in [1.165, 1.54) is 42.4 Å². The Balaban J connectivity index is 1.77. The second-order valence-corrected chi connectivity index (χ2v) is 4.94.